The third-order valence-corrected chi connectivity index (χ3v) is 3.37. The summed E-state index contributed by atoms with van der Waals surface area (Å²) in [4.78, 5) is 28.6. The molecule has 0 aromatic heterocycles. The zero-order valence-electron chi connectivity index (χ0n) is 13.0. The van der Waals surface area contributed by atoms with Crippen LogP contribution in [0.5, 0.6) is 0 Å². The molecule has 0 unspecified atom stereocenters. The molecule has 0 spiro atoms. The Bertz CT molecular complexity index is 683. The largest absolute Gasteiger partial charge is 0.316 e. The number of non-ortho nitro benzene ring substituents is 1. The van der Waals surface area contributed by atoms with Crippen molar-refractivity contribution in [3.8, 4) is 0 Å². The molecule has 0 aliphatic rings. The van der Waals surface area contributed by atoms with E-state index in [2.05, 4.69) is 9.74 Å². The van der Waals surface area contributed by atoms with Crippen LogP contribution in [-0.4, -0.2) is 28.9 Å². The average molecular weight is 316 g/mol. The van der Waals surface area contributed by atoms with Gasteiger partial charge in [-0.3, -0.25) is 15.0 Å². The lowest BCUT2D eigenvalue weighted by molar-refractivity contribution is -0.736. The monoisotopic (exact) mass is 316 g/mol. The van der Waals surface area contributed by atoms with Crippen molar-refractivity contribution in [3.63, 3.8) is 0 Å². The molecule has 23 heavy (non-hydrogen) atoms. The van der Waals surface area contributed by atoms with Gasteiger partial charge >= 0.3 is 5.69 Å². The Labute approximate surface area is 133 Å². The van der Waals surface area contributed by atoms with Crippen LogP contribution in [0.25, 0.3) is 0 Å². The van der Waals surface area contributed by atoms with Crippen molar-refractivity contribution in [1.82, 2.24) is 4.90 Å². The quantitative estimate of drug-likeness (QED) is 0.579. The van der Waals surface area contributed by atoms with Crippen molar-refractivity contribution in [2.75, 3.05) is 14.2 Å². The van der Waals surface area contributed by atoms with Crippen LogP contribution in [0, 0.1) is 15.0 Å². The van der Waals surface area contributed by atoms with E-state index in [1.165, 1.54) is 19.2 Å². The summed E-state index contributed by atoms with van der Waals surface area (Å²) < 4.78 is 0. The summed E-state index contributed by atoms with van der Waals surface area (Å²) in [7, 11) is 3.28. The fraction of sp³-hybridized carbons (Fsp3) is 0.250. The second-order valence-corrected chi connectivity index (χ2v) is 5.20. The molecule has 0 N–H and O–H groups in total. The zero-order chi connectivity index (χ0) is 16.8. The first kappa shape index (κ1) is 16.6. The lowest BCUT2D eigenvalue weighted by Gasteiger charge is -2.16. The van der Waals surface area contributed by atoms with Crippen molar-refractivity contribution in [2.45, 2.75) is 13.1 Å². The van der Waals surface area contributed by atoms with Gasteiger partial charge in [-0.25, -0.2) is 4.84 Å². The normalized spacial score (nSPS) is 10.6. The van der Waals surface area contributed by atoms with E-state index in [0.29, 0.717) is 23.7 Å². The summed E-state index contributed by atoms with van der Waals surface area (Å²) in [5.74, 6) is 0. The molecular weight excluding hydrogens is 298 g/mol. The van der Waals surface area contributed by atoms with Crippen LogP contribution in [0.2, 0.25) is 0 Å². The van der Waals surface area contributed by atoms with Gasteiger partial charge in [0.1, 0.15) is 0 Å². The third kappa shape index (κ3) is 4.58. The van der Waals surface area contributed by atoms with Crippen LogP contribution < -0.4 is 0 Å². The lowest BCUT2D eigenvalue weighted by atomic mass is 10.1. The van der Waals surface area contributed by atoms with Gasteiger partial charge in [0.2, 0.25) is 0 Å². The Balaban J connectivity index is 1.95. The van der Waals surface area contributed by atoms with E-state index in [1.54, 1.807) is 24.3 Å². The second-order valence-electron chi connectivity index (χ2n) is 5.20. The number of hydrogen-bond donors (Lipinski definition) is 0. The Morgan fingerprint density at radius 2 is 1.35 bits per heavy atom. The smallest absolute Gasteiger partial charge is 0.298 e. The number of nitro benzene ring substituents is 1. The molecular formula is C16H18N3O4+. The molecule has 0 saturated carbocycles. The van der Waals surface area contributed by atoms with E-state index in [1.807, 2.05) is 19.2 Å². The van der Waals surface area contributed by atoms with Crippen LogP contribution in [0.1, 0.15) is 11.1 Å². The predicted octanol–water partition coefficient (Wildman–Crippen LogP) is 3.20. The molecule has 2 aromatic carbocycles. The van der Waals surface area contributed by atoms with E-state index in [4.69, 9.17) is 0 Å². The summed E-state index contributed by atoms with van der Waals surface area (Å²) in [5.41, 5.74) is 2.59. The Morgan fingerprint density at radius 1 is 0.913 bits per heavy atom. The minimum Gasteiger partial charge on any atom is -0.298 e. The second kappa shape index (κ2) is 7.46. The van der Waals surface area contributed by atoms with Gasteiger partial charge in [-0.2, -0.15) is 0 Å². The summed E-state index contributed by atoms with van der Waals surface area (Å²) in [6.07, 6.45) is 0. The van der Waals surface area contributed by atoms with Gasteiger partial charge in [0.05, 0.1) is 9.83 Å². The molecule has 0 amide bonds. The van der Waals surface area contributed by atoms with E-state index in [-0.39, 0.29) is 5.69 Å². The molecule has 120 valence electrons. The van der Waals surface area contributed by atoms with Crippen LogP contribution in [-0.2, 0) is 17.9 Å². The van der Waals surface area contributed by atoms with Gasteiger partial charge in [0.25, 0.3) is 10.6 Å². The highest BCUT2D eigenvalue weighted by atomic mass is 16.8. The average Bonchev–Trinajstić information content (AvgIpc) is 2.55. The number of hydrogen-bond acceptors (Lipinski definition) is 5. The van der Waals surface area contributed by atoms with E-state index in [0.717, 1.165) is 11.1 Å². The highest BCUT2D eigenvalue weighted by molar-refractivity contribution is 5.33. The predicted molar refractivity (Wildman–Crippen MR) is 85.0 cm³/mol. The van der Waals surface area contributed by atoms with Crippen molar-refractivity contribution in [3.05, 3.63) is 74.7 Å². The fourth-order valence-electron chi connectivity index (χ4n) is 2.23. The molecule has 0 saturated heterocycles. The van der Waals surface area contributed by atoms with Gasteiger partial charge < -0.3 is 0 Å². The van der Waals surface area contributed by atoms with Crippen LogP contribution in [0.3, 0.4) is 0 Å². The summed E-state index contributed by atoms with van der Waals surface area (Å²) in [6.45, 7) is 1.37. The van der Waals surface area contributed by atoms with Gasteiger partial charge in [-0.15, -0.1) is 0 Å². The highest BCUT2D eigenvalue weighted by Crippen LogP contribution is 2.16. The maximum atomic E-state index is 11.3. The summed E-state index contributed by atoms with van der Waals surface area (Å²) in [6, 6.07) is 13.7. The van der Waals surface area contributed by atoms with Crippen LogP contribution in [0.4, 0.5) is 11.4 Å². The van der Waals surface area contributed by atoms with Crippen molar-refractivity contribution < 1.29 is 14.7 Å². The molecule has 2 rings (SSSR count). The summed E-state index contributed by atoms with van der Waals surface area (Å²) in [5, 5.41) is 10.6. The Kier molecular flexibility index (Phi) is 5.37. The van der Waals surface area contributed by atoms with Crippen LogP contribution in [0.15, 0.2) is 48.5 Å². The van der Waals surface area contributed by atoms with E-state index < -0.39 is 4.92 Å². The standard InChI is InChI=1S/C16H18N3O4/c1-17(11-13-3-7-15(8-4-13)18(20)21)12-14-5-9-16(10-6-14)19(22)23-2/h3-10H,11-12H2,1-2H3/q+1. The minimum absolute atomic E-state index is 0.0901. The maximum Gasteiger partial charge on any atom is 0.316 e. The van der Waals surface area contributed by atoms with Crippen molar-refractivity contribution >= 4 is 11.4 Å². The Morgan fingerprint density at radius 3 is 1.74 bits per heavy atom. The molecule has 0 fully saturated rings. The first-order chi connectivity index (χ1) is 11.0. The SMILES string of the molecule is CO[N+](=O)c1ccc(CN(C)Cc2ccc([N+](=O)[O-])cc2)cc1. The first-order valence-electron chi connectivity index (χ1n) is 7.02. The molecule has 2 aromatic rings. The van der Waals surface area contributed by atoms with Crippen molar-refractivity contribution in [2.24, 2.45) is 0 Å². The topological polar surface area (TPSA) is 75.7 Å². The van der Waals surface area contributed by atoms with Crippen molar-refractivity contribution in [1.29, 1.82) is 0 Å². The van der Waals surface area contributed by atoms with E-state index in [9.17, 15) is 15.0 Å². The third-order valence-electron chi connectivity index (χ3n) is 3.37. The fourth-order valence-corrected chi connectivity index (χ4v) is 2.23. The molecule has 7 heteroatoms. The van der Waals surface area contributed by atoms with Crippen LogP contribution >= 0.6 is 0 Å². The zero-order valence-corrected chi connectivity index (χ0v) is 13.0. The maximum absolute atomic E-state index is 11.3. The molecule has 0 heterocycles. The lowest BCUT2D eigenvalue weighted by Crippen LogP contribution is -2.17. The van der Waals surface area contributed by atoms with Gasteiger partial charge in [-0.05, 0) is 18.2 Å². The number of benzene rings is 2. The summed E-state index contributed by atoms with van der Waals surface area (Å²) >= 11 is 0. The first-order valence-corrected chi connectivity index (χ1v) is 7.02. The molecule has 0 atom stereocenters. The molecule has 0 radical (unpaired) electrons. The van der Waals surface area contributed by atoms with Gasteiger partial charge in [-0.1, -0.05) is 24.3 Å². The van der Waals surface area contributed by atoms with Gasteiger partial charge in [0.15, 0.2) is 7.11 Å². The molecule has 0 aliphatic carbocycles. The molecule has 7 nitrogen and oxygen atoms in total. The van der Waals surface area contributed by atoms with Gasteiger partial charge in [0, 0.05) is 37.4 Å². The number of rotatable bonds is 7. The number of nitrogens with zero attached hydrogens (tertiary/aromatic N) is 3. The molecule has 0 bridgehead atoms. The highest BCUT2D eigenvalue weighted by Gasteiger charge is 2.13. The Hall–Kier alpha value is -2.80. The minimum atomic E-state index is -0.408. The molecule has 0 aliphatic heterocycles. The number of nitro groups is 1. The van der Waals surface area contributed by atoms with E-state index >= 15 is 0 Å².